The van der Waals surface area contributed by atoms with Crippen LogP contribution in [0.25, 0.3) is 0 Å². The summed E-state index contributed by atoms with van der Waals surface area (Å²) < 4.78 is 53.6. The fourth-order valence-corrected chi connectivity index (χ4v) is 3.88. The number of unbranched alkanes of at least 4 members (excludes halogenated alkanes) is 1. The van der Waals surface area contributed by atoms with Crippen LogP contribution in [0.5, 0.6) is 0 Å². The summed E-state index contributed by atoms with van der Waals surface area (Å²) >= 11 is 0. The monoisotopic (exact) mass is 542 g/mol. The van der Waals surface area contributed by atoms with Crippen molar-refractivity contribution in [3.63, 3.8) is 0 Å². The number of rotatable bonds is 15. The Balaban J connectivity index is 0. The maximum Gasteiger partial charge on any atom is 0.490 e. The SMILES string of the molecule is CS(=O)(=O)SCCC(=O)NCCCCC(C(=O)O)N(CC(=O)O)CC(=O)O.O=C(O)C(F)(F)F. The van der Waals surface area contributed by atoms with E-state index in [1.54, 1.807) is 0 Å². The maximum absolute atomic E-state index is 11.5. The fraction of sp³-hybridized carbons (Fsp3) is 0.688. The molecular formula is C16H25F3N2O11S2. The van der Waals surface area contributed by atoms with Crippen LogP contribution in [0.1, 0.15) is 25.7 Å². The van der Waals surface area contributed by atoms with Crippen molar-refractivity contribution in [2.75, 3.05) is 31.6 Å². The van der Waals surface area contributed by atoms with Crippen molar-refractivity contribution in [1.29, 1.82) is 0 Å². The lowest BCUT2D eigenvalue weighted by Gasteiger charge is -2.25. The van der Waals surface area contributed by atoms with Gasteiger partial charge in [0.2, 0.25) is 5.91 Å². The summed E-state index contributed by atoms with van der Waals surface area (Å²) in [6, 6.07) is -1.26. The van der Waals surface area contributed by atoms with Gasteiger partial charge in [0, 0.05) is 25.0 Å². The Kier molecular flexibility index (Phi) is 15.9. The van der Waals surface area contributed by atoms with E-state index in [4.69, 9.17) is 20.1 Å². The van der Waals surface area contributed by atoms with Crippen LogP contribution in [0, 0.1) is 0 Å². The summed E-state index contributed by atoms with van der Waals surface area (Å²) in [5.74, 6) is -6.94. The quantitative estimate of drug-likeness (QED) is 0.135. The van der Waals surface area contributed by atoms with Gasteiger partial charge >= 0.3 is 30.1 Å². The van der Waals surface area contributed by atoms with Crippen LogP contribution in [0.3, 0.4) is 0 Å². The summed E-state index contributed by atoms with van der Waals surface area (Å²) in [4.78, 5) is 54.2. The summed E-state index contributed by atoms with van der Waals surface area (Å²) in [6.07, 6.45) is -3.25. The lowest BCUT2D eigenvalue weighted by molar-refractivity contribution is -0.192. The molecule has 1 amide bonds. The Morgan fingerprint density at radius 3 is 1.79 bits per heavy atom. The fourth-order valence-electron chi connectivity index (χ4n) is 2.15. The number of halogens is 3. The standard InChI is InChI=1S/C14H24N2O9S2.C2HF3O2/c1-27(24,25)26-7-5-11(17)15-6-3-2-4-10(14(22)23)16(8-12(18)19)9-13(20)21;3-2(4,5)1(6)7/h10H,2-9H2,1H3,(H,15,17)(H,18,19)(H,20,21)(H,22,23);(H,6,7). The van der Waals surface area contributed by atoms with E-state index in [1.165, 1.54) is 0 Å². The van der Waals surface area contributed by atoms with Gasteiger partial charge in [0.1, 0.15) is 6.04 Å². The third kappa shape index (κ3) is 20.0. The summed E-state index contributed by atoms with van der Waals surface area (Å²) in [6.45, 7) is -1.18. The number of carbonyl (C=O) groups is 5. The lowest BCUT2D eigenvalue weighted by atomic mass is 10.1. The topological polar surface area (TPSA) is 216 Å². The van der Waals surface area contributed by atoms with Crippen LogP contribution in [-0.4, -0.2) is 107 Å². The molecular weight excluding hydrogens is 517 g/mol. The molecule has 1 atom stereocenters. The highest BCUT2D eigenvalue weighted by atomic mass is 33.1. The van der Waals surface area contributed by atoms with E-state index in [0.717, 1.165) is 11.2 Å². The molecule has 0 bridgehead atoms. The minimum Gasteiger partial charge on any atom is -0.480 e. The Hall–Kier alpha value is -2.60. The second kappa shape index (κ2) is 16.1. The molecule has 0 radical (unpaired) electrons. The van der Waals surface area contributed by atoms with Crippen molar-refractivity contribution in [3.05, 3.63) is 0 Å². The van der Waals surface area contributed by atoms with Crippen molar-refractivity contribution in [2.24, 2.45) is 0 Å². The third-order valence-corrected chi connectivity index (χ3v) is 6.08. The van der Waals surface area contributed by atoms with E-state index in [-0.39, 0.29) is 31.0 Å². The normalized spacial score (nSPS) is 12.3. The molecule has 0 aliphatic rings. The molecule has 0 aliphatic heterocycles. The second-order valence-corrected chi connectivity index (χ2v) is 11.0. The zero-order valence-electron chi connectivity index (χ0n) is 17.8. The molecule has 0 fully saturated rings. The summed E-state index contributed by atoms with van der Waals surface area (Å²) in [5.41, 5.74) is 0. The molecule has 0 rings (SSSR count). The smallest absolute Gasteiger partial charge is 0.480 e. The molecule has 18 heteroatoms. The first-order valence-corrected chi connectivity index (χ1v) is 12.6. The number of alkyl halides is 3. The molecule has 0 spiro atoms. The van der Waals surface area contributed by atoms with E-state index < -0.39 is 58.1 Å². The van der Waals surface area contributed by atoms with Crippen LogP contribution in [0.4, 0.5) is 13.2 Å². The molecule has 0 aromatic rings. The van der Waals surface area contributed by atoms with E-state index in [9.17, 15) is 45.9 Å². The Morgan fingerprint density at radius 2 is 1.44 bits per heavy atom. The van der Waals surface area contributed by atoms with Gasteiger partial charge in [-0.05, 0) is 30.1 Å². The number of hydrogen-bond donors (Lipinski definition) is 5. The van der Waals surface area contributed by atoms with Gasteiger partial charge < -0.3 is 25.7 Å². The van der Waals surface area contributed by atoms with Crippen molar-refractivity contribution < 1.29 is 66.0 Å². The van der Waals surface area contributed by atoms with Gasteiger partial charge in [0.15, 0.2) is 8.87 Å². The average Bonchev–Trinajstić information content (AvgIpc) is 2.61. The predicted molar refractivity (Wildman–Crippen MR) is 111 cm³/mol. The number of amides is 1. The van der Waals surface area contributed by atoms with Gasteiger partial charge in [-0.3, -0.25) is 24.1 Å². The van der Waals surface area contributed by atoms with Crippen LogP contribution < -0.4 is 5.32 Å². The molecule has 0 aromatic heterocycles. The van der Waals surface area contributed by atoms with Crippen molar-refractivity contribution in [3.8, 4) is 0 Å². The maximum atomic E-state index is 11.5. The number of hydrogen-bond acceptors (Lipinski definition) is 9. The highest BCUT2D eigenvalue weighted by molar-refractivity contribution is 8.71. The van der Waals surface area contributed by atoms with Crippen molar-refractivity contribution in [2.45, 2.75) is 37.9 Å². The number of carboxylic acids is 4. The largest absolute Gasteiger partial charge is 0.490 e. The molecule has 0 aliphatic carbocycles. The molecule has 198 valence electrons. The zero-order chi connectivity index (χ0) is 27.1. The van der Waals surface area contributed by atoms with Gasteiger partial charge in [-0.15, -0.1) is 0 Å². The molecule has 13 nitrogen and oxygen atoms in total. The van der Waals surface area contributed by atoms with E-state index in [2.05, 4.69) is 5.32 Å². The first-order valence-electron chi connectivity index (χ1n) is 9.18. The van der Waals surface area contributed by atoms with E-state index in [1.807, 2.05) is 0 Å². The third-order valence-electron chi connectivity index (χ3n) is 3.50. The highest BCUT2D eigenvalue weighted by Gasteiger charge is 2.38. The highest BCUT2D eigenvalue weighted by Crippen LogP contribution is 2.13. The number of nitrogens with zero attached hydrogens (tertiary/aromatic N) is 1. The number of nitrogens with one attached hydrogen (secondary N) is 1. The van der Waals surface area contributed by atoms with Gasteiger partial charge in [0.25, 0.3) is 0 Å². The van der Waals surface area contributed by atoms with Gasteiger partial charge in [0.05, 0.1) is 13.1 Å². The average molecular weight is 543 g/mol. The van der Waals surface area contributed by atoms with Gasteiger partial charge in [-0.1, -0.05) is 0 Å². The first kappa shape index (κ1) is 33.6. The first-order chi connectivity index (χ1) is 15.4. The molecule has 0 saturated heterocycles. The second-order valence-electron chi connectivity index (χ2n) is 6.47. The van der Waals surface area contributed by atoms with E-state index in [0.29, 0.717) is 23.6 Å². The van der Waals surface area contributed by atoms with Gasteiger partial charge in [-0.2, -0.15) is 13.2 Å². The van der Waals surface area contributed by atoms with Crippen molar-refractivity contribution in [1.82, 2.24) is 10.2 Å². The molecule has 34 heavy (non-hydrogen) atoms. The minimum absolute atomic E-state index is 0.0235. The minimum atomic E-state index is -5.08. The summed E-state index contributed by atoms with van der Waals surface area (Å²) in [7, 11) is -2.53. The van der Waals surface area contributed by atoms with Crippen LogP contribution in [0.2, 0.25) is 0 Å². The number of aliphatic carboxylic acids is 4. The van der Waals surface area contributed by atoms with Crippen LogP contribution >= 0.6 is 10.8 Å². The Bertz CT molecular complexity index is 804. The van der Waals surface area contributed by atoms with Crippen LogP contribution in [-0.2, 0) is 32.8 Å². The van der Waals surface area contributed by atoms with Crippen LogP contribution in [0.15, 0.2) is 0 Å². The van der Waals surface area contributed by atoms with Gasteiger partial charge in [-0.25, -0.2) is 13.2 Å². The number of carboxylic acid groups (broad SMARTS) is 4. The lowest BCUT2D eigenvalue weighted by Crippen LogP contribution is -2.46. The molecule has 0 aromatic carbocycles. The number of carbonyl (C=O) groups excluding carboxylic acids is 1. The molecule has 5 N–H and O–H groups in total. The molecule has 1 unspecified atom stereocenters. The zero-order valence-corrected chi connectivity index (χ0v) is 19.4. The Morgan fingerprint density at radius 1 is 0.971 bits per heavy atom. The predicted octanol–water partition coefficient (Wildman–Crippen LogP) is -0.0865. The van der Waals surface area contributed by atoms with E-state index >= 15 is 0 Å². The molecule has 0 saturated carbocycles. The Labute approximate surface area is 195 Å². The van der Waals surface area contributed by atoms with Crippen molar-refractivity contribution >= 4 is 49.4 Å². The summed E-state index contributed by atoms with van der Waals surface area (Å²) in [5, 5.41) is 36.5. The molecule has 0 heterocycles.